The molecule has 0 aromatic carbocycles. The van der Waals surface area contributed by atoms with Crippen molar-refractivity contribution in [2.75, 3.05) is 19.3 Å². The van der Waals surface area contributed by atoms with Crippen LogP contribution in [-0.4, -0.2) is 69.6 Å². The van der Waals surface area contributed by atoms with Crippen molar-refractivity contribution in [1.82, 2.24) is 9.80 Å². The van der Waals surface area contributed by atoms with Gasteiger partial charge in [-0.3, -0.25) is 38.6 Å². The molecule has 0 spiro atoms. The number of nitrogens with zero attached hydrogens (tertiary/aromatic N) is 2. The molecule has 0 atom stereocenters. The molecule has 2 aliphatic heterocycles. The van der Waals surface area contributed by atoms with Gasteiger partial charge in [0.2, 0.25) is 23.6 Å². The van der Waals surface area contributed by atoms with Crippen molar-refractivity contribution in [2.24, 2.45) is 16.2 Å². The fourth-order valence-electron chi connectivity index (χ4n) is 3.25. The predicted molar refractivity (Wildman–Crippen MR) is 164 cm³/mol. The minimum atomic E-state index is -0.220. The molecule has 0 aromatic heterocycles. The molecule has 4 amide bonds. The van der Waals surface area contributed by atoms with Crippen molar-refractivity contribution in [1.29, 1.82) is 0 Å². The summed E-state index contributed by atoms with van der Waals surface area (Å²) in [5.74, 6) is -0.980. The molecule has 0 aromatic rings. The Balaban J connectivity index is 0. The van der Waals surface area contributed by atoms with Gasteiger partial charge in [0.1, 0.15) is 0 Å². The number of hydrogen-bond donors (Lipinski definition) is 0. The van der Waals surface area contributed by atoms with Crippen LogP contribution in [0.25, 0.3) is 0 Å². The number of ketones is 2. The lowest BCUT2D eigenvalue weighted by Crippen LogP contribution is -2.35. The Bertz CT molecular complexity index is 776. The van der Waals surface area contributed by atoms with Crippen LogP contribution in [0.3, 0.4) is 0 Å². The second kappa shape index (κ2) is 17.7. The molecule has 232 valence electrons. The van der Waals surface area contributed by atoms with Crippen LogP contribution in [0.15, 0.2) is 0 Å². The van der Waals surface area contributed by atoms with Crippen molar-refractivity contribution in [3.8, 4) is 0 Å². The van der Waals surface area contributed by atoms with E-state index in [1.807, 2.05) is 53.3 Å². The summed E-state index contributed by atoms with van der Waals surface area (Å²) in [5.41, 5.74) is 0.311. The van der Waals surface area contributed by atoms with E-state index in [0.29, 0.717) is 18.3 Å². The fourth-order valence-corrected chi connectivity index (χ4v) is 3.25. The van der Waals surface area contributed by atoms with E-state index in [0.717, 1.165) is 15.0 Å². The molecule has 0 unspecified atom stereocenters. The number of carbonyl (C=O) groups is 6. The Hall–Kier alpha value is -2.03. The van der Waals surface area contributed by atoms with E-state index in [-0.39, 0.29) is 84.8 Å². The van der Waals surface area contributed by atoms with Gasteiger partial charge >= 0.3 is 0 Å². The van der Waals surface area contributed by atoms with Gasteiger partial charge in [-0.15, -0.1) is 0 Å². The molecule has 2 aliphatic rings. The van der Waals surface area contributed by atoms with E-state index in [2.05, 4.69) is 47.8 Å². The van der Waals surface area contributed by atoms with Crippen molar-refractivity contribution in [3.05, 3.63) is 0 Å². The Morgan fingerprint density at radius 1 is 0.625 bits per heavy atom. The topological polar surface area (TPSA) is 109 Å². The smallest absolute Gasteiger partial charge is 0.230 e. The maximum absolute atomic E-state index is 11.6. The Morgan fingerprint density at radius 2 is 0.825 bits per heavy atom. The van der Waals surface area contributed by atoms with E-state index in [1.165, 1.54) is 0 Å². The van der Waals surface area contributed by atoms with Crippen LogP contribution in [0.2, 0.25) is 0 Å². The molecule has 2 heterocycles. The largest absolute Gasteiger partial charge is 0.298 e. The maximum atomic E-state index is 11.6. The molecule has 40 heavy (non-hydrogen) atoms. The summed E-state index contributed by atoms with van der Waals surface area (Å²) in [4.78, 5) is 70.2. The Morgan fingerprint density at radius 3 is 0.975 bits per heavy atom. The molecule has 8 nitrogen and oxygen atoms in total. The highest BCUT2D eigenvalue weighted by atomic mass is 32.2. The number of Topliss-reactive ketones (excluding diaryl/α,β-unsaturated/α-hetero) is 2. The van der Waals surface area contributed by atoms with Gasteiger partial charge in [-0.1, -0.05) is 83.1 Å². The van der Waals surface area contributed by atoms with Crippen LogP contribution in [0.4, 0.5) is 0 Å². The maximum Gasteiger partial charge on any atom is 0.230 e. The zero-order chi connectivity index (χ0) is 32.1. The first kappa shape index (κ1) is 40.1. The van der Waals surface area contributed by atoms with E-state index >= 15 is 0 Å². The van der Waals surface area contributed by atoms with Gasteiger partial charge < -0.3 is 0 Å². The van der Waals surface area contributed by atoms with Gasteiger partial charge in [-0.25, -0.2) is 0 Å². The number of likely N-dealkylation sites (tertiary alicyclic amines) is 2. The van der Waals surface area contributed by atoms with Gasteiger partial charge in [-0.2, -0.15) is 11.8 Å². The molecule has 0 aliphatic carbocycles. The van der Waals surface area contributed by atoms with Crippen LogP contribution in [-0.2, 0) is 28.8 Å². The molecule has 0 radical (unpaired) electrons. The molecule has 9 heteroatoms. The first-order valence-electron chi connectivity index (χ1n) is 14.1. The summed E-state index contributed by atoms with van der Waals surface area (Å²) in [6.45, 7) is 24.8. The summed E-state index contributed by atoms with van der Waals surface area (Å²) in [7, 11) is 0. The zero-order valence-electron chi connectivity index (χ0n) is 27.5. The highest BCUT2D eigenvalue weighted by Crippen LogP contribution is 2.21. The lowest BCUT2D eigenvalue weighted by atomic mass is 9.90. The lowest BCUT2D eigenvalue weighted by molar-refractivity contribution is -0.142. The zero-order valence-corrected chi connectivity index (χ0v) is 28.3. The number of imide groups is 2. The highest BCUT2D eigenvalue weighted by Gasteiger charge is 2.32. The number of hydrogen-bond acceptors (Lipinski definition) is 7. The van der Waals surface area contributed by atoms with E-state index in [9.17, 15) is 28.8 Å². The van der Waals surface area contributed by atoms with Gasteiger partial charge in [0.15, 0.2) is 11.6 Å². The van der Waals surface area contributed by atoms with Crippen molar-refractivity contribution in [3.63, 3.8) is 0 Å². The third-order valence-electron chi connectivity index (χ3n) is 4.91. The SMILES string of the molecule is CC(C)(C)C.CC(C)(C)CC(=O)CN1C(=O)CCC1=O.CC(C)(C)CC(=O)CN1C(=O)CCC1=O.CSC(C)C. The molecule has 0 N–H and O–H groups in total. The monoisotopic (exact) mass is 584 g/mol. The predicted octanol–water partition coefficient (Wildman–Crippen LogP) is 6.09. The van der Waals surface area contributed by atoms with Gasteiger partial charge in [0, 0.05) is 38.5 Å². The van der Waals surface area contributed by atoms with Crippen LogP contribution < -0.4 is 0 Å². The number of thioether (sulfide) groups is 1. The molecule has 2 rings (SSSR count). The average molecular weight is 585 g/mol. The van der Waals surface area contributed by atoms with Crippen LogP contribution >= 0.6 is 11.8 Å². The molecular formula is C31H56N2O6S. The Labute approximate surface area is 247 Å². The summed E-state index contributed by atoms with van der Waals surface area (Å²) < 4.78 is 0. The third-order valence-corrected chi connectivity index (χ3v) is 5.85. The normalized spacial score (nSPS) is 15.8. The van der Waals surface area contributed by atoms with Crippen molar-refractivity contribution >= 4 is 47.0 Å². The summed E-state index contributed by atoms with van der Waals surface area (Å²) in [5, 5.41) is 0.801. The van der Waals surface area contributed by atoms with Gasteiger partial charge in [0.25, 0.3) is 0 Å². The minimum Gasteiger partial charge on any atom is -0.298 e. The van der Waals surface area contributed by atoms with Crippen LogP contribution in [0.1, 0.15) is 122 Å². The minimum absolute atomic E-state index is 0.0467. The average Bonchev–Trinajstić information content (AvgIpc) is 3.21. The summed E-state index contributed by atoms with van der Waals surface area (Å²) in [6, 6.07) is 0. The molecule has 2 fully saturated rings. The standard InChI is InChI=1S/2C11H17NO3.C5H12.C4H10S/c2*1-11(2,3)6-8(13)7-12-9(14)4-5-10(12)15;1-5(2,3)4;1-4(2)5-3/h2*4-7H2,1-3H3;1-4H3;4H,1-3H3. The fraction of sp³-hybridized carbons (Fsp3) is 0.806. The molecule has 0 bridgehead atoms. The first-order chi connectivity index (χ1) is 17.9. The van der Waals surface area contributed by atoms with Crippen molar-refractivity contribution < 1.29 is 28.8 Å². The first-order valence-corrected chi connectivity index (χ1v) is 15.4. The van der Waals surface area contributed by atoms with Crippen molar-refractivity contribution in [2.45, 2.75) is 127 Å². The van der Waals surface area contributed by atoms with E-state index < -0.39 is 0 Å². The van der Waals surface area contributed by atoms with E-state index in [1.54, 1.807) is 0 Å². The third kappa shape index (κ3) is 22.8. The highest BCUT2D eigenvalue weighted by molar-refractivity contribution is 7.99. The quantitative estimate of drug-likeness (QED) is 0.333. The number of carbonyl (C=O) groups excluding carboxylic acids is 6. The van der Waals surface area contributed by atoms with E-state index in [4.69, 9.17) is 0 Å². The molecule has 2 saturated heterocycles. The summed E-state index contributed by atoms with van der Waals surface area (Å²) >= 11 is 1.88. The second-order valence-corrected chi connectivity index (χ2v) is 16.0. The molecular weight excluding hydrogens is 528 g/mol. The molecule has 0 saturated carbocycles. The number of amides is 4. The Kier molecular flexibility index (Phi) is 17.8. The van der Waals surface area contributed by atoms with Crippen LogP contribution in [0.5, 0.6) is 0 Å². The summed E-state index contributed by atoms with van der Waals surface area (Å²) in [6.07, 6.45) is 3.91. The van der Waals surface area contributed by atoms with Crippen LogP contribution in [0, 0.1) is 16.2 Å². The lowest BCUT2D eigenvalue weighted by Gasteiger charge is -2.19. The van der Waals surface area contributed by atoms with Gasteiger partial charge in [0.05, 0.1) is 13.1 Å². The number of rotatable bonds is 7. The second-order valence-electron chi connectivity index (χ2n) is 14.6. The van der Waals surface area contributed by atoms with Gasteiger partial charge in [-0.05, 0) is 27.8 Å².